The molecule has 19 heavy (non-hydrogen) atoms. The topological polar surface area (TPSA) is 61.8 Å². The van der Waals surface area contributed by atoms with E-state index in [0.717, 1.165) is 0 Å². The summed E-state index contributed by atoms with van der Waals surface area (Å²) in [5.74, 6) is 0.171. The second kappa shape index (κ2) is 5.30. The fourth-order valence-electron chi connectivity index (χ4n) is 2.45. The van der Waals surface area contributed by atoms with Crippen molar-refractivity contribution >= 4 is 11.8 Å². The third-order valence-electron chi connectivity index (χ3n) is 3.37. The molecular formula is C14H16O5. The Kier molecular flexibility index (Phi) is 3.74. The van der Waals surface area contributed by atoms with Crippen LogP contribution in [-0.2, 0) is 16.0 Å². The summed E-state index contributed by atoms with van der Waals surface area (Å²) >= 11 is 0. The first kappa shape index (κ1) is 13.4. The molecule has 0 saturated carbocycles. The van der Waals surface area contributed by atoms with Gasteiger partial charge in [-0.05, 0) is 18.6 Å². The molecule has 0 amide bonds. The van der Waals surface area contributed by atoms with Crippen molar-refractivity contribution < 1.29 is 23.8 Å². The lowest BCUT2D eigenvalue weighted by molar-refractivity contribution is -0.145. The Hall–Kier alpha value is -2.04. The number of esters is 1. The van der Waals surface area contributed by atoms with E-state index >= 15 is 0 Å². The summed E-state index contributed by atoms with van der Waals surface area (Å²) in [6, 6.07) is 3.44. The van der Waals surface area contributed by atoms with Crippen molar-refractivity contribution in [1.29, 1.82) is 0 Å². The van der Waals surface area contributed by atoms with Crippen molar-refractivity contribution in [2.45, 2.75) is 12.8 Å². The lowest BCUT2D eigenvalue weighted by Crippen LogP contribution is -2.28. The number of methoxy groups -OCH3 is 3. The molecule has 2 rings (SSSR count). The molecule has 0 N–H and O–H groups in total. The molecule has 1 unspecified atom stereocenters. The number of hydrogen-bond acceptors (Lipinski definition) is 5. The van der Waals surface area contributed by atoms with Crippen LogP contribution in [0.25, 0.3) is 0 Å². The second-order valence-corrected chi connectivity index (χ2v) is 4.38. The molecule has 1 aromatic carbocycles. The highest BCUT2D eigenvalue weighted by molar-refractivity contribution is 6.04. The zero-order chi connectivity index (χ0) is 14.0. The summed E-state index contributed by atoms with van der Waals surface area (Å²) in [6.45, 7) is 0. The molecule has 5 nitrogen and oxygen atoms in total. The van der Waals surface area contributed by atoms with E-state index in [2.05, 4.69) is 0 Å². The highest BCUT2D eigenvalue weighted by atomic mass is 16.5. The third-order valence-corrected chi connectivity index (χ3v) is 3.37. The first-order valence-corrected chi connectivity index (χ1v) is 5.97. The summed E-state index contributed by atoms with van der Waals surface area (Å²) in [5, 5.41) is 0. The van der Waals surface area contributed by atoms with E-state index in [9.17, 15) is 9.59 Å². The van der Waals surface area contributed by atoms with E-state index in [1.807, 2.05) is 0 Å². The molecule has 102 valence electrons. The Morgan fingerprint density at radius 2 is 1.74 bits per heavy atom. The molecule has 1 aliphatic rings. The second-order valence-electron chi connectivity index (χ2n) is 4.38. The molecule has 0 fully saturated rings. The van der Waals surface area contributed by atoms with E-state index in [0.29, 0.717) is 29.0 Å². The van der Waals surface area contributed by atoms with Gasteiger partial charge in [0.2, 0.25) is 0 Å². The average Bonchev–Trinajstić information content (AvgIpc) is 2.44. The number of carbonyl (C=O) groups excluding carboxylic acids is 2. The maximum Gasteiger partial charge on any atom is 0.309 e. The quantitative estimate of drug-likeness (QED) is 0.776. The van der Waals surface area contributed by atoms with Crippen LogP contribution < -0.4 is 9.47 Å². The van der Waals surface area contributed by atoms with Crippen LogP contribution in [0.4, 0.5) is 0 Å². The lowest BCUT2D eigenvalue weighted by Gasteiger charge is -2.24. The van der Waals surface area contributed by atoms with E-state index in [4.69, 9.17) is 14.2 Å². The average molecular weight is 264 g/mol. The summed E-state index contributed by atoms with van der Waals surface area (Å²) in [7, 11) is 4.38. The number of benzene rings is 1. The summed E-state index contributed by atoms with van der Waals surface area (Å²) < 4.78 is 15.2. The molecule has 1 aliphatic carbocycles. The van der Waals surface area contributed by atoms with Crippen LogP contribution in [0.3, 0.4) is 0 Å². The molecule has 0 aliphatic heterocycles. The number of rotatable bonds is 3. The van der Waals surface area contributed by atoms with Crippen molar-refractivity contribution in [1.82, 2.24) is 0 Å². The molecule has 1 atom stereocenters. The normalized spacial score (nSPS) is 17.6. The van der Waals surface area contributed by atoms with Crippen molar-refractivity contribution in [2.75, 3.05) is 21.3 Å². The van der Waals surface area contributed by atoms with Gasteiger partial charge in [-0.1, -0.05) is 0 Å². The predicted octanol–water partition coefficient (Wildman–Crippen LogP) is 1.62. The first-order chi connectivity index (χ1) is 9.12. The fourth-order valence-corrected chi connectivity index (χ4v) is 2.45. The zero-order valence-corrected chi connectivity index (χ0v) is 11.2. The van der Waals surface area contributed by atoms with Crippen LogP contribution in [0.5, 0.6) is 11.5 Å². The van der Waals surface area contributed by atoms with Gasteiger partial charge in [-0.25, -0.2) is 0 Å². The van der Waals surface area contributed by atoms with Crippen LogP contribution in [0.15, 0.2) is 12.1 Å². The number of Topliss-reactive ketones (excluding diaryl/α,β-unsaturated/α-hetero) is 1. The van der Waals surface area contributed by atoms with Gasteiger partial charge in [0.15, 0.2) is 5.78 Å². The standard InChI is InChI=1S/C14H16O5/c1-17-11-4-5-12(18-2)13-9(11)6-8(7-10(13)15)14(16)19-3/h4-5,8H,6-7H2,1-3H3. The maximum absolute atomic E-state index is 12.2. The van der Waals surface area contributed by atoms with Gasteiger partial charge in [0.1, 0.15) is 11.5 Å². The number of ether oxygens (including phenoxy) is 3. The number of hydrogen-bond donors (Lipinski definition) is 0. The fraction of sp³-hybridized carbons (Fsp3) is 0.429. The van der Waals surface area contributed by atoms with Crippen molar-refractivity contribution in [3.63, 3.8) is 0 Å². The molecule has 0 saturated heterocycles. The molecule has 0 heterocycles. The van der Waals surface area contributed by atoms with Crippen LogP contribution in [-0.4, -0.2) is 33.1 Å². The Labute approximate surface area is 111 Å². The summed E-state index contributed by atoms with van der Waals surface area (Å²) in [4.78, 5) is 23.9. The number of fused-ring (bicyclic) bond motifs is 1. The third kappa shape index (κ3) is 2.28. The Morgan fingerprint density at radius 1 is 1.11 bits per heavy atom. The monoisotopic (exact) mass is 264 g/mol. The smallest absolute Gasteiger partial charge is 0.309 e. The Bertz CT molecular complexity index is 521. The highest BCUT2D eigenvalue weighted by Crippen LogP contribution is 2.38. The Morgan fingerprint density at radius 3 is 2.32 bits per heavy atom. The molecule has 5 heteroatoms. The summed E-state index contributed by atoms with van der Waals surface area (Å²) in [5.41, 5.74) is 1.23. The molecule has 0 aromatic heterocycles. The van der Waals surface area contributed by atoms with Gasteiger partial charge >= 0.3 is 5.97 Å². The molecule has 0 radical (unpaired) electrons. The minimum atomic E-state index is -0.453. The van der Waals surface area contributed by atoms with Crippen LogP contribution in [0.1, 0.15) is 22.3 Å². The number of carbonyl (C=O) groups is 2. The van der Waals surface area contributed by atoms with E-state index < -0.39 is 5.92 Å². The Balaban J connectivity index is 2.50. The number of ketones is 1. The van der Waals surface area contributed by atoms with Gasteiger partial charge in [-0.2, -0.15) is 0 Å². The van der Waals surface area contributed by atoms with Crippen LogP contribution in [0.2, 0.25) is 0 Å². The van der Waals surface area contributed by atoms with Crippen molar-refractivity contribution in [2.24, 2.45) is 5.92 Å². The van der Waals surface area contributed by atoms with E-state index in [-0.39, 0.29) is 18.2 Å². The zero-order valence-electron chi connectivity index (χ0n) is 11.2. The van der Waals surface area contributed by atoms with Gasteiger partial charge in [0, 0.05) is 12.0 Å². The maximum atomic E-state index is 12.2. The van der Waals surface area contributed by atoms with E-state index in [1.54, 1.807) is 12.1 Å². The minimum absolute atomic E-state index is 0.118. The lowest BCUT2D eigenvalue weighted by atomic mass is 9.82. The van der Waals surface area contributed by atoms with Crippen molar-refractivity contribution in [3.05, 3.63) is 23.3 Å². The van der Waals surface area contributed by atoms with Gasteiger partial charge in [-0.3, -0.25) is 9.59 Å². The summed E-state index contributed by atoms with van der Waals surface area (Å²) in [6.07, 6.45) is 0.567. The first-order valence-electron chi connectivity index (χ1n) is 5.97. The largest absolute Gasteiger partial charge is 0.496 e. The van der Waals surface area contributed by atoms with Gasteiger partial charge < -0.3 is 14.2 Å². The predicted molar refractivity (Wildman–Crippen MR) is 67.7 cm³/mol. The van der Waals surface area contributed by atoms with Crippen LogP contribution >= 0.6 is 0 Å². The van der Waals surface area contributed by atoms with E-state index in [1.165, 1.54) is 21.3 Å². The van der Waals surface area contributed by atoms with Crippen LogP contribution in [0, 0.1) is 5.92 Å². The highest BCUT2D eigenvalue weighted by Gasteiger charge is 2.34. The molecule has 1 aromatic rings. The van der Waals surface area contributed by atoms with Gasteiger partial charge in [0.25, 0.3) is 0 Å². The van der Waals surface area contributed by atoms with Gasteiger partial charge in [-0.15, -0.1) is 0 Å². The molecular weight excluding hydrogens is 248 g/mol. The van der Waals surface area contributed by atoms with Crippen molar-refractivity contribution in [3.8, 4) is 11.5 Å². The minimum Gasteiger partial charge on any atom is -0.496 e. The molecule has 0 spiro atoms. The SMILES string of the molecule is COC(=O)C1CC(=O)c2c(OC)ccc(OC)c2C1. The molecule has 0 bridgehead atoms. The van der Waals surface area contributed by atoms with Gasteiger partial charge in [0.05, 0.1) is 32.8 Å².